The summed E-state index contributed by atoms with van der Waals surface area (Å²) in [5.74, 6) is 0.908. The van der Waals surface area contributed by atoms with Crippen LogP contribution < -0.4 is 5.73 Å². The summed E-state index contributed by atoms with van der Waals surface area (Å²) < 4.78 is 5.22. The van der Waals surface area contributed by atoms with Crippen molar-refractivity contribution in [1.82, 2.24) is 0 Å². The van der Waals surface area contributed by atoms with Crippen molar-refractivity contribution in [2.24, 2.45) is 0 Å². The Morgan fingerprint density at radius 3 is 2.67 bits per heavy atom. The maximum absolute atomic E-state index is 9.18. The molecule has 2 aromatic rings. The van der Waals surface area contributed by atoms with Gasteiger partial charge in [0.2, 0.25) is 0 Å². The topological polar surface area (TPSA) is 59.4 Å². The lowest BCUT2D eigenvalue weighted by atomic mass is 10.1. The maximum Gasteiger partial charge on any atom is 0.193 e. The van der Waals surface area contributed by atoms with Crippen molar-refractivity contribution in [2.75, 3.05) is 5.73 Å². The molecular formula is C11H10ClNO2. The smallest absolute Gasteiger partial charge is 0.193 e. The minimum Gasteiger partial charge on any atom is -0.508 e. The molecule has 15 heavy (non-hydrogen) atoms. The number of hydrogen-bond donors (Lipinski definition) is 2. The monoisotopic (exact) mass is 223 g/mol. The molecule has 0 radical (unpaired) electrons. The Bertz CT molecular complexity index is 479. The first-order chi connectivity index (χ1) is 7.15. The van der Waals surface area contributed by atoms with Gasteiger partial charge in [-0.15, -0.1) is 0 Å². The summed E-state index contributed by atoms with van der Waals surface area (Å²) in [6.07, 6.45) is 0.568. The summed E-state index contributed by atoms with van der Waals surface area (Å²) >= 11 is 5.65. The minimum absolute atomic E-state index is 0.161. The quantitative estimate of drug-likeness (QED) is 0.770. The molecule has 3 nitrogen and oxygen atoms in total. The fraction of sp³-hybridized carbons (Fsp3) is 0.0909. The van der Waals surface area contributed by atoms with E-state index in [1.807, 2.05) is 0 Å². The van der Waals surface area contributed by atoms with E-state index in [4.69, 9.17) is 21.8 Å². The van der Waals surface area contributed by atoms with Gasteiger partial charge in [-0.2, -0.15) is 0 Å². The number of rotatable bonds is 2. The lowest BCUT2D eigenvalue weighted by molar-refractivity contribution is 0.475. The highest BCUT2D eigenvalue weighted by molar-refractivity contribution is 6.28. The second kappa shape index (κ2) is 3.87. The largest absolute Gasteiger partial charge is 0.508 e. The predicted octanol–water partition coefficient (Wildman–Crippen LogP) is 2.81. The first-order valence-electron chi connectivity index (χ1n) is 4.47. The van der Waals surface area contributed by atoms with Crippen molar-refractivity contribution in [3.05, 3.63) is 46.9 Å². The Hall–Kier alpha value is -1.61. The normalized spacial score (nSPS) is 10.5. The van der Waals surface area contributed by atoms with Gasteiger partial charge in [0.05, 0.1) is 0 Å². The number of phenolic OH excluding ortho intramolecular Hbond substituents is 1. The Balaban J connectivity index is 2.24. The maximum atomic E-state index is 9.18. The number of nitrogens with two attached hydrogens (primary N) is 1. The van der Waals surface area contributed by atoms with E-state index in [-0.39, 0.29) is 5.75 Å². The fourth-order valence-electron chi connectivity index (χ4n) is 1.38. The van der Waals surface area contributed by atoms with Crippen LogP contribution in [0.4, 0.5) is 5.69 Å². The molecule has 0 saturated carbocycles. The van der Waals surface area contributed by atoms with E-state index < -0.39 is 0 Å². The molecule has 0 saturated heterocycles. The fourth-order valence-corrected chi connectivity index (χ4v) is 1.54. The molecule has 1 aromatic carbocycles. The SMILES string of the molecule is Nc1cc(O)ccc1Cc1ccc(Cl)o1. The highest BCUT2D eigenvalue weighted by Crippen LogP contribution is 2.23. The molecular weight excluding hydrogens is 214 g/mol. The molecule has 0 aliphatic rings. The zero-order valence-electron chi connectivity index (χ0n) is 7.90. The van der Waals surface area contributed by atoms with Crippen LogP contribution in [0.15, 0.2) is 34.7 Å². The molecule has 0 spiro atoms. The van der Waals surface area contributed by atoms with Gasteiger partial charge in [-0.25, -0.2) is 0 Å². The third-order valence-corrected chi connectivity index (χ3v) is 2.33. The van der Waals surface area contributed by atoms with E-state index in [1.54, 1.807) is 24.3 Å². The molecule has 4 heteroatoms. The molecule has 1 heterocycles. The van der Waals surface area contributed by atoms with Crippen LogP contribution in [0.25, 0.3) is 0 Å². The minimum atomic E-state index is 0.161. The van der Waals surface area contributed by atoms with Crippen molar-refractivity contribution in [1.29, 1.82) is 0 Å². The van der Waals surface area contributed by atoms with Gasteiger partial charge in [-0.3, -0.25) is 0 Å². The molecule has 0 unspecified atom stereocenters. The van der Waals surface area contributed by atoms with Gasteiger partial charge in [0.25, 0.3) is 0 Å². The number of anilines is 1. The number of aromatic hydroxyl groups is 1. The average molecular weight is 224 g/mol. The summed E-state index contributed by atoms with van der Waals surface area (Å²) in [4.78, 5) is 0. The van der Waals surface area contributed by atoms with Gasteiger partial charge in [0.1, 0.15) is 11.5 Å². The first-order valence-corrected chi connectivity index (χ1v) is 4.84. The molecule has 0 amide bonds. The Morgan fingerprint density at radius 1 is 1.27 bits per heavy atom. The lowest BCUT2D eigenvalue weighted by Gasteiger charge is -2.03. The molecule has 0 aliphatic carbocycles. The van der Waals surface area contributed by atoms with Crippen molar-refractivity contribution in [3.63, 3.8) is 0 Å². The molecule has 2 rings (SSSR count). The highest BCUT2D eigenvalue weighted by atomic mass is 35.5. The van der Waals surface area contributed by atoms with E-state index in [2.05, 4.69) is 0 Å². The second-order valence-electron chi connectivity index (χ2n) is 3.27. The molecule has 0 atom stereocenters. The summed E-state index contributed by atoms with van der Waals surface area (Å²) in [5.41, 5.74) is 7.19. The molecule has 0 fully saturated rings. The summed E-state index contributed by atoms with van der Waals surface area (Å²) in [6.45, 7) is 0. The van der Waals surface area contributed by atoms with Crippen LogP contribution in [-0.4, -0.2) is 5.11 Å². The number of nitrogen functional groups attached to an aromatic ring is 1. The number of phenols is 1. The van der Waals surface area contributed by atoms with E-state index in [0.29, 0.717) is 17.3 Å². The van der Waals surface area contributed by atoms with Crippen LogP contribution in [0, 0.1) is 0 Å². The molecule has 78 valence electrons. The van der Waals surface area contributed by atoms with Crippen molar-refractivity contribution < 1.29 is 9.52 Å². The summed E-state index contributed by atoms with van der Waals surface area (Å²) in [7, 11) is 0. The van der Waals surface area contributed by atoms with Crippen LogP contribution in [0.5, 0.6) is 5.75 Å². The first kappa shape index (κ1) is 9.93. The summed E-state index contributed by atoms with van der Waals surface area (Å²) in [5, 5.41) is 9.55. The van der Waals surface area contributed by atoms with Crippen molar-refractivity contribution in [3.8, 4) is 5.75 Å². The number of hydrogen-bond acceptors (Lipinski definition) is 3. The number of furan rings is 1. The Labute approximate surface area is 92.1 Å². The van der Waals surface area contributed by atoms with Gasteiger partial charge in [0.15, 0.2) is 5.22 Å². The number of benzene rings is 1. The van der Waals surface area contributed by atoms with Crippen LogP contribution in [0.3, 0.4) is 0 Å². The third kappa shape index (κ3) is 2.25. The molecule has 0 aliphatic heterocycles. The second-order valence-corrected chi connectivity index (χ2v) is 3.64. The van der Waals surface area contributed by atoms with E-state index in [0.717, 1.165) is 11.3 Å². The third-order valence-electron chi connectivity index (χ3n) is 2.12. The lowest BCUT2D eigenvalue weighted by Crippen LogP contribution is -1.94. The molecule has 1 aromatic heterocycles. The standard InChI is InChI=1S/C11H10ClNO2/c12-11-4-3-9(15-11)5-7-1-2-8(14)6-10(7)13/h1-4,6,14H,5,13H2. The zero-order chi connectivity index (χ0) is 10.8. The highest BCUT2D eigenvalue weighted by Gasteiger charge is 2.05. The van der Waals surface area contributed by atoms with E-state index >= 15 is 0 Å². The van der Waals surface area contributed by atoms with Crippen LogP contribution in [0.1, 0.15) is 11.3 Å². The van der Waals surface area contributed by atoms with Crippen molar-refractivity contribution in [2.45, 2.75) is 6.42 Å². The molecule has 0 bridgehead atoms. The van der Waals surface area contributed by atoms with E-state index in [1.165, 1.54) is 6.07 Å². The zero-order valence-corrected chi connectivity index (χ0v) is 8.66. The Kier molecular flexibility index (Phi) is 2.56. The average Bonchev–Trinajstić information content (AvgIpc) is 2.56. The van der Waals surface area contributed by atoms with Crippen LogP contribution >= 0.6 is 11.6 Å². The van der Waals surface area contributed by atoms with E-state index in [9.17, 15) is 5.11 Å². The summed E-state index contributed by atoms with van der Waals surface area (Å²) in [6, 6.07) is 8.36. The van der Waals surface area contributed by atoms with Crippen LogP contribution in [-0.2, 0) is 6.42 Å². The van der Waals surface area contributed by atoms with Gasteiger partial charge in [-0.05, 0) is 35.4 Å². The van der Waals surface area contributed by atoms with Gasteiger partial charge in [0, 0.05) is 18.2 Å². The number of halogens is 1. The van der Waals surface area contributed by atoms with Gasteiger partial charge in [-0.1, -0.05) is 6.07 Å². The van der Waals surface area contributed by atoms with Crippen LogP contribution in [0.2, 0.25) is 5.22 Å². The predicted molar refractivity (Wildman–Crippen MR) is 59.0 cm³/mol. The van der Waals surface area contributed by atoms with Crippen molar-refractivity contribution >= 4 is 17.3 Å². The van der Waals surface area contributed by atoms with Gasteiger partial charge < -0.3 is 15.3 Å². The van der Waals surface area contributed by atoms with Gasteiger partial charge >= 0.3 is 0 Å². The Morgan fingerprint density at radius 2 is 2.07 bits per heavy atom. The molecule has 3 N–H and O–H groups in total.